The van der Waals surface area contributed by atoms with E-state index in [1.165, 1.54) is 23.1 Å². The second-order valence-corrected chi connectivity index (χ2v) is 9.74. The number of sulfonamides is 1. The molecular weight excluding hydrogens is 461 g/mol. The first kappa shape index (κ1) is 27.1. The molecule has 0 bridgehead atoms. The molecule has 1 N–H and O–H groups in total. The van der Waals surface area contributed by atoms with E-state index in [4.69, 9.17) is 4.74 Å². The predicted octanol–water partition coefficient (Wildman–Crippen LogP) is 2.93. The van der Waals surface area contributed by atoms with Crippen LogP contribution >= 0.6 is 0 Å². The quantitative estimate of drug-likeness (QED) is 0.491. The Labute approximate surface area is 200 Å². The molecule has 0 fully saturated rings. The fraction of sp³-hybridized carbons (Fsp3) is 0.417. The minimum absolute atomic E-state index is 0.0197. The van der Waals surface area contributed by atoms with E-state index in [-0.39, 0.29) is 43.4 Å². The van der Waals surface area contributed by atoms with Crippen molar-refractivity contribution in [3.8, 4) is 5.75 Å². The van der Waals surface area contributed by atoms with E-state index in [1.807, 2.05) is 6.07 Å². The molecule has 0 radical (unpaired) electrons. The van der Waals surface area contributed by atoms with E-state index >= 15 is 0 Å². The monoisotopic (exact) mass is 493 g/mol. The van der Waals surface area contributed by atoms with Gasteiger partial charge in [-0.05, 0) is 50.1 Å². The van der Waals surface area contributed by atoms with Crippen molar-refractivity contribution in [2.24, 2.45) is 0 Å². The summed E-state index contributed by atoms with van der Waals surface area (Å²) in [6, 6.07) is 12.0. The summed E-state index contributed by atoms with van der Waals surface area (Å²) < 4.78 is 44.9. The zero-order chi connectivity index (χ0) is 25.3. The summed E-state index contributed by atoms with van der Waals surface area (Å²) in [5.74, 6) is -0.639. The average molecular weight is 494 g/mol. The Morgan fingerprint density at radius 2 is 1.85 bits per heavy atom. The standard InChI is InChI=1S/C24H32FN3O5S/c1-5-26-24(30)18(2)27(17-19-10-8-11-20(16-19)33-3)23(29)14-9-15-28(34(4,31)32)22-13-7-6-12-21(22)25/h6-8,10-13,16,18H,5,9,14-15,17H2,1-4H3,(H,26,30). The second-order valence-electron chi connectivity index (χ2n) is 7.83. The van der Waals surface area contributed by atoms with Gasteiger partial charge in [-0.2, -0.15) is 0 Å². The van der Waals surface area contributed by atoms with Crippen LogP contribution in [-0.4, -0.2) is 57.6 Å². The average Bonchev–Trinajstić information content (AvgIpc) is 2.80. The Kier molecular flexibility index (Phi) is 9.85. The molecule has 2 aromatic carbocycles. The second kappa shape index (κ2) is 12.4. The van der Waals surface area contributed by atoms with Crippen molar-refractivity contribution >= 4 is 27.5 Å². The van der Waals surface area contributed by atoms with Crippen LogP contribution in [-0.2, 0) is 26.2 Å². The Bertz CT molecular complexity index is 1090. The van der Waals surface area contributed by atoms with Crippen LogP contribution in [0.1, 0.15) is 32.3 Å². The van der Waals surface area contributed by atoms with Gasteiger partial charge in [0.05, 0.1) is 19.1 Å². The molecule has 34 heavy (non-hydrogen) atoms. The van der Waals surface area contributed by atoms with Crippen LogP contribution in [0.3, 0.4) is 0 Å². The van der Waals surface area contributed by atoms with Crippen LogP contribution in [0.15, 0.2) is 48.5 Å². The van der Waals surface area contributed by atoms with Crippen molar-refractivity contribution in [2.75, 3.05) is 30.8 Å². The van der Waals surface area contributed by atoms with Gasteiger partial charge in [-0.1, -0.05) is 24.3 Å². The molecule has 1 unspecified atom stereocenters. The fourth-order valence-corrected chi connectivity index (χ4v) is 4.47. The molecule has 0 saturated carbocycles. The number of methoxy groups -OCH3 is 1. The molecule has 0 aliphatic rings. The molecule has 2 aromatic rings. The maximum Gasteiger partial charge on any atom is 0.242 e. The lowest BCUT2D eigenvalue weighted by molar-refractivity contribution is -0.140. The van der Waals surface area contributed by atoms with Crippen LogP contribution in [0.5, 0.6) is 5.75 Å². The summed E-state index contributed by atoms with van der Waals surface area (Å²) in [5, 5.41) is 2.72. The zero-order valence-corrected chi connectivity index (χ0v) is 20.8. The minimum Gasteiger partial charge on any atom is -0.497 e. The molecule has 0 heterocycles. The third kappa shape index (κ3) is 7.44. The first-order chi connectivity index (χ1) is 16.1. The number of amides is 2. The van der Waals surface area contributed by atoms with Gasteiger partial charge in [0.1, 0.15) is 17.6 Å². The lowest BCUT2D eigenvalue weighted by atomic mass is 10.1. The Morgan fingerprint density at radius 1 is 1.15 bits per heavy atom. The van der Waals surface area contributed by atoms with Gasteiger partial charge in [0, 0.05) is 26.1 Å². The van der Waals surface area contributed by atoms with Crippen molar-refractivity contribution in [3.05, 3.63) is 59.9 Å². The first-order valence-corrected chi connectivity index (χ1v) is 12.9. The van der Waals surface area contributed by atoms with E-state index in [1.54, 1.807) is 45.2 Å². The van der Waals surface area contributed by atoms with E-state index in [9.17, 15) is 22.4 Å². The predicted molar refractivity (Wildman–Crippen MR) is 130 cm³/mol. The fourth-order valence-electron chi connectivity index (χ4n) is 3.51. The van der Waals surface area contributed by atoms with Crippen LogP contribution in [0.25, 0.3) is 0 Å². The maximum atomic E-state index is 14.2. The molecule has 2 rings (SSSR count). The van der Waals surface area contributed by atoms with Crippen molar-refractivity contribution < 1.29 is 27.1 Å². The lowest BCUT2D eigenvalue weighted by Gasteiger charge is -2.29. The molecule has 0 spiro atoms. The zero-order valence-electron chi connectivity index (χ0n) is 20.0. The number of rotatable bonds is 12. The van der Waals surface area contributed by atoms with E-state index in [2.05, 4.69) is 5.32 Å². The molecule has 0 aliphatic heterocycles. The largest absolute Gasteiger partial charge is 0.497 e. The molecule has 0 saturated heterocycles. The highest BCUT2D eigenvalue weighted by Gasteiger charge is 2.27. The summed E-state index contributed by atoms with van der Waals surface area (Å²) in [6.07, 6.45) is 1.12. The van der Waals surface area contributed by atoms with Crippen LogP contribution < -0.4 is 14.4 Å². The van der Waals surface area contributed by atoms with Crippen molar-refractivity contribution in [1.82, 2.24) is 10.2 Å². The van der Waals surface area contributed by atoms with Gasteiger partial charge in [-0.3, -0.25) is 13.9 Å². The highest BCUT2D eigenvalue weighted by molar-refractivity contribution is 7.92. The number of halogens is 1. The van der Waals surface area contributed by atoms with Crippen molar-refractivity contribution in [2.45, 2.75) is 39.3 Å². The topological polar surface area (TPSA) is 96.0 Å². The number of benzene rings is 2. The van der Waals surface area contributed by atoms with E-state index < -0.39 is 21.9 Å². The molecule has 0 aromatic heterocycles. The maximum absolute atomic E-state index is 14.2. The molecule has 8 nitrogen and oxygen atoms in total. The van der Waals surface area contributed by atoms with Gasteiger partial charge in [0.2, 0.25) is 21.8 Å². The third-order valence-corrected chi connectivity index (χ3v) is 6.46. The number of carbonyl (C=O) groups excluding carboxylic acids is 2. The van der Waals surface area contributed by atoms with Gasteiger partial charge >= 0.3 is 0 Å². The van der Waals surface area contributed by atoms with Crippen LogP contribution in [0.4, 0.5) is 10.1 Å². The molecule has 10 heteroatoms. The summed E-state index contributed by atoms with van der Waals surface area (Å²) in [4.78, 5) is 27.1. The number of nitrogens with zero attached hydrogens (tertiary/aromatic N) is 2. The third-order valence-electron chi connectivity index (χ3n) is 5.28. The molecular formula is C24H32FN3O5S. The van der Waals surface area contributed by atoms with Gasteiger partial charge in [0.15, 0.2) is 0 Å². The number of hydrogen-bond donors (Lipinski definition) is 1. The number of ether oxygens (including phenoxy) is 1. The summed E-state index contributed by atoms with van der Waals surface area (Å²) in [5.41, 5.74) is 0.717. The van der Waals surface area contributed by atoms with Gasteiger partial charge in [-0.25, -0.2) is 12.8 Å². The minimum atomic E-state index is -3.76. The summed E-state index contributed by atoms with van der Waals surface area (Å²) in [6.45, 7) is 3.97. The lowest BCUT2D eigenvalue weighted by Crippen LogP contribution is -2.47. The normalized spacial score (nSPS) is 12.0. The molecule has 186 valence electrons. The van der Waals surface area contributed by atoms with E-state index in [0.29, 0.717) is 12.3 Å². The summed E-state index contributed by atoms with van der Waals surface area (Å²) >= 11 is 0. The van der Waals surface area contributed by atoms with Crippen molar-refractivity contribution in [3.63, 3.8) is 0 Å². The van der Waals surface area contributed by atoms with Gasteiger partial charge < -0.3 is 15.0 Å². The van der Waals surface area contributed by atoms with Crippen LogP contribution in [0.2, 0.25) is 0 Å². The molecule has 2 amide bonds. The van der Waals surface area contributed by atoms with Gasteiger partial charge in [-0.15, -0.1) is 0 Å². The Morgan fingerprint density at radius 3 is 2.47 bits per heavy atom. The number of nitrogens with one attached hydrogen (secondary N) is 1. The smallest absolute Gasteiger partial charge is 0.242 e. The van der Waals surface area contributed by atoms with Gasteiger partial charge in [0.25, 0.3) is 0 Å². The highest BCUT2D eigenvalue weighted by Crippen LogP contribution is 2.22. The molecule has 0 aliphatic carbocycles. The Hall–Kier alpha value is -3.14. The summed E-state index contributed by atoms with van der Waals surface area (Å²) in [7, 11) is -2.22. The number of likely N-dealkylation sites (N-methyl/N-ethyl adjacent to an activating group) is 1. The SMILES string of the molecule is CCNC(=O)C(C)N(Cc1cccc(OC)c1)C(=O)CCCN(c1ccccc1F)S(C)(=O)=O. The van der Waals surface area contributed by atoms with Crippen LogP contribution in [0, 0.1) is 5.82 Å². The number of anilines is 1. The van der Waals surface area contributed by atoms with E-state index in [0.717, 1.165) is 16.1 Å². The number of hydrogen-bond acceptors (Lipinski definition) is 5. The highest BCUT2D eigenvalue weighted by atomic mass is 32.2. The Balaban J connectivity index is 2.18. The number of para-hydroxylation sites is 1. The molecule has 1 atom stereocenters. The number of carbonyl (C=O) groups is 2. The van der Waals surface area contributed by atoms with Crippen molar-refractivity contribution in [1.29, 1.82) is 0 Å². The first-order valence-electron chi connectivity index (χ1n) is 11.0.